The summed E-state index contributed by atoms with van der Waals surface area (Å²) in [5, 5.41) is 10.0. The number of hydrogen-bond acceptors (Lipinski definition) is 4. The van der Waals surface area contributed by atoms with Gasteiger partial charge in [0.25, 0.3) is 0 Å². The zero-order valence-electron chi connectivity index (χ0n) is 19.4. The van der Waals surface area contributed by atoms with Gasteiger partial charge < -0.3 is 14.9 Å². The molecule has 0 radical (unpaired) electrons. The van der Waals surface area contributed by atoms with Gasteiger partial charge in [-0.25, -0.2) is 0 Å². The smallest absolute Gasteiger partial charge is 0.242 e. The fourth-order valence-electron chi connectivity index (χ4n) is 5.68. The van der Waals surface area contributed by atoms with E-state index < -0.39 is 0 Å². The summed E-state index contributed by atoms with van der Waals surface area (Å²) in [5.41, 5.74) is 2.78. The molecule has 34 heavy (non-hydrogen) atoms. The number of aliphatic hydroxyl groups excluding tert-OH is 1. The van der Waals surface area contributed by atoms with E-state index in [-0.39, 0.29) is 49.4 Å². The van der Waals surface area contributed by atoms with Crippen LogP contribution in [0.15, 0.2) is 48.7 Å². The maximum absolute atomic E-state index is 12.9. The lowest BCUT2D eigenvalue weighted by Gasteiger charge is -2.58. The average Bonchev–Trinajstić information content (AvgIpc) is 2.86. The van der Waals surface area contributed by atoms with Gasteiger partial charge in [0.1, 0.15) is 0 Å². The van der Waals surface area contributed by atoms with Crippen molar-refractivity contribution in [3.8, 4) is 11.8 Å². The lowest BCUT2D eigenvalue weighted by Crippen LogP contribution is -2.73. The van der Waals surface area contributed by atoms with Crippen LogP contribution in [0.3, 0.4) is 0 Å². The van der Waals surface area contributed by atoms with Crippen LogP contribution in [0, 0.1) is 17.8 Å². The van der Waals surface area contributed by atoms with Gasteiger partial charge in [-0.15, -0.1) is 0 Å². The molecular weight excluding hydrogens is 426 g/mol. The first kappa shape index (κ1) is 22.6. The Morgan fingerprint density at radius 1 is 1.09 bits per heavy atom. The third-order valence-corrected chi connectivity index (χ3v) is 7.48. The van der Waals surface area contributed by atoms with Gasteiger partial charge in [0.15, 0.2) is 0 Å². The molecule has 3 heterocycles. The summed E-state index contributed by atoms with van der Waals surface area (Å²) < 4.78 is 0. The molecule has 6 nitrogen and oxygen atoms in total. The molecule has 0 bridgehead atoms. The molecule has 6 heteroatoms. The minimum absolute atomic E-state index is 0.000228. The Balaban J connectivity index is 1.28. The lowest BCUT2D eigenvalue weighted by molar-refractivity contribution is -0.166. The largest absolute Gasteiger partial charge is 0.394 e. The fraction of sp³-hybridized carbons (Fsp3) is 0.464. The van der Waals surface area contributed by atoms with E-state index in [1.807, 2.05) is 30.3 Å². The van der Waals surface area contributed by atoms with Crippen molar-refractivity contribution in [3.63, 3.8) is 0 Å². The average molecular weight is 458 g/mol. The normalized spacial score (nSPS) is 24.6. The fourth-order valence-corrected chi connectivity index (χ4v) is 5.68. The minimum atomic E-state index is -0.246. The maximum Gasteiger partial charge on any atom is 0.242 e. The number of benzene rings is 1. The Hall–Kier alpha value is -3.17. The Labute approximate surface area is 201 Å². The van der Waals surface area contributed by atoms with Crippen LogP contribution < -0.4 is 0 Å². The molecule has 3 aliphatic rings. The maximum atomic E-state index is 12.9. The van der Waals surface area contributed by atoms with E-state index in [9.17, 15) is 14.7 Å². The summed E-state index contributed by atoms with van der Waals surface area (Å²) in [4.78, 5) is 33.4. The number of fused-ring (bicyclic) bond motifs is 1. The zero-order valence-corrected chi connectivity index (χ0v) is 19.4. The molecule has 3 fully saturated rings. The number of nitrogens with zero attached hydrogens (tertiary/aromatic N) is 3. The van der Waals surface area contributed by atoms with E-state index >= 15 is 0 Å². The zero-order chi connectivity index (χ0) is 23.5. The third-order valence-electron chi connectivity index (χ3n) is 7.48. The minimum Gasteiger partial charge on any atom is -0.394 e. The summed E-state index contributed by atoms with van der Waals surface area (Å²) in [6, 6.07) is 13.3. The van der Waals surface area contributed by atoms with E-state index in [4.69, 9.17) is 0 Å². The van der Waals surface area contributed by atoms with E-state index in [2.05, 4.69) is 29.0 Å². The number of aromatic nitrogens is 1. The topological polar surface area (TPSA) is 73.7 Å². The second kappa shape index (κ2) is 9.99. The van der Waals surface area contributed by atoms with Gasteiger partial charge in [0.2, 0.25) is 11.8 Å². The van der Waals surface area contributed by atoms with Crippen LogP contribution in [-0.4, -0.2) is 63.5 Å². The standard InChI is InChI=1S/C28H31N3O3/c32-19-25-28(22-13-11-21(12-14-22)10-9-20-6-2-1-3-7-20)24-17-30(18-27(34)31(24)25)26(33)16-23-8-4-5-15-29-23/h4-5,8,11-15,20,24-25,28,32H,1-3,6-7,16-19H2/t24-,25-,28+/m0/s1. The number of carbonyl (C=O) groups excluding carboxylic acids is 2. The predicted molar refractivity (Wildman–Crippen MR) is 129 cm³/mol. The highest BCUT2D eigenvalue weighted by Crippen LogP contribution is 2.43. The molecule has 1 N–H and O–H groups in total. The van der Waals surface area contributed by atoms with E-state index in [0.29, 0.717) is 18.2 Å². The van der Waals surface area contributed by atoms with Gasteiger partial charge in [-0.3, -0.25) is 14.6 Å². The van der Waals surface area contributed by atoms with Crippen LogP contribution in [0.4, 0.5) is 0 Å². The Kier molecular flexibility index (Phi) is 6.64. The molecule has 0 spiro atoms. The van der Waals surface area contributed by atoms with Crippen LogP contribution in [-0.2, 0) is 16.0 Å². The number of carbonyl (C=O) groups is 2. The Morgan fingerprint density at radius 3 is 2.59 bits per heavy atom. The Morgan fingerprint density at radius 2 is 1.88 bits per heavy atom. The van der Waals surface area contributed by atoms with Crippen molar-refractivity contribution in [1.29, 1.82) is 0 Å². The van der Waals surface area contributed by atoms with Crippen molar-refractivity contribution in [2.75, 3.05) is 19.7 Å². The van der Waals surface area contributed by atoms with E-state index in [1.165, 1.54) is 32.1 Å². The van der Waals surface area contributed by atoms with Gasteiger partial charge in [0, 0.05) is 35.8 Å². The second-order valence-corrected chi connectivity index (χ2v) is 9.64. The molecule has 3 atom stereocenters. The molecule has 1 saturated carbocycles. The highest BCUT2D eigenvalue weighted by atomic mass is 16.3. The number of rotatable bonds is 4. The molecular formula is C28H31N3O3. The first-order chi connectivity index (χ1) is 16.6. The number of piperazine rings is 1. The quantitative estimate of drug-likeness (QED) is 0.717. The van der Waals surface area contributed by atoms with Crippen molar-refractivity contribution >= 4 is 11.8 Å². The molecule has 176 valence electrons. The lowest BCUT2D eigenvalue weighted by atomic mass is 9.73. The van der Waals surface area contributed by atoms with Crippen LogP contribution >= 0.6 is 0 Å². The van der Waals surface area contributed by atoms with Crippen molar-refractivity contribution in [3.05, 3.63) is 65.5 Å². The summed E-state index contributed by atoms with van der Waals surface area (Å²) in [6.07, 6.45) is 8.14. The van der Waals surface area contributed by atoms with Gasteiger partial charge in [0.05, 0.1) is 31.7 Å². The monoisotopic (exact) mass is 457 g/mol. The highest BCUT2D eigenvalue weighted by molar-refractivity contribution is 5.88. The molecule has 2 aromatic rings. The molecule has 5 rings (SSSR count). The molecule has 2 amide bonds. The predicted octanol–water partition coefficient (Wildman–Crippen LogP) is 2.75. The van der Waals surface area contributed by atoms with Crippen molar-refractivity contribution < 1.29 is 14.7 Å². The number of hydrogen-bond donors (Lipinski definition) is 1. The molecule has 2 saturated heterocycles. The van der Waals surface area contributed by atoms with Crippen LogP contribution in [0.25, 0.3) is 0 Å². The molecule has 1 aliphatic carbocycles. The third kappa shape index (κ3) is 4.58. The summed E-state index contributed by atoms with van der Waals surface area (Å²) in [6.45, 7) is 0.445. The van der Waals surface area contributed by atoms with Crippen LogP contribution in [0.1, 0.15) is 54.8 Å². The van der Waals surface area contributed by atoms with Gasteiger partial charge in [-0.2, -0.15) is 0 Å². The number of pyridine rings is 1. The van der Waals surface area contributed by atoms with Crippen molar-refractivity contribution in [2.24, 2.45) is 5.92 Å². The summed E-state index contributed by atoms with van der Waals surface area (Å²) in [7, 11) is 0. The summed E-state index contributed by atoms with van der Waals surface area (Å²) >= 11 is 0. The number of aliphatic hydroxyl groups is 1. The van der Waals surface area contributed by atoms with Gasteiger partial charge in [-0.05, 0) is 42.7 Å². The van der Waals surface area contributed by atoms with Gasteiger partial charge in [-0.1, -0.05) is 49.3 Å². The van der Waals surface area contributed by atoms with E-state index in [0.717, 1.165) is 11.1 Å². The van der Waals surface area contributed by atoms with Gasteiger partial charge >= 0.3 is 0 Å². The molecule has 2 aliphatic heterocycles. The highest BCUT2D eigenvalue weighted by Gasteiger charge is 2.54. The van der Waals surface area contributed by atoms with E-state index in [1.54, 1.807) is 16.0 Å². The van der Waals surface area contributed by atoms with Crippen LogP contribution in [0.2, 0.25) is 0 Å². The second-order valence-electron chi connectivity index (χ2n) is 9.64. The first-order valence-corrected chi connectivity index (χ1v) is 12.4. The number of amides is 2. The SMILES string of the molecule is O=C(Cc1ccccn1)N1CC(=O)N2[C@@H](CO)[C@H](c3ccc(C#CC4CCCCC4)cc3)[C@@H]2C1. The molecule has 1 aromatic heterocycles. The van der Waals surface area contributed by atoms with Crippen LogP contribution in [0.5, 0.6) is 0 Å². The molecule has 1 aromatic carbocycles. The van der Waals surface area contributed by atoms with Crippen molar-refractivity contribution in [2.45, 2.75) is 56.5 Å². The summed E-state index contributed by atoms with van der Waals surface area (Å²) in [5.74, 6) is 7.08. The first-order valence-electron chi connectivity index (χ1n) is 12.4. The van der Waals surface area contributed by atoms with Crippen molar-refractivity contribution in [1.82, 2.24) is 14.8 Å². The Bertz CT molecular complexity index is 1080. The molecule has 0 unspecified atom stereocenters.